The van der Waals surface area contributed by atoms with E-state index in [0.717, 1.165) is 10.8 Å². The van der Waals surface area contributed by atoms with Crippen LogP contribution in [0.2, 0.25) is 0 Å². The lowest BCUT2D eigenvalue weighted by Gasteiger charge is -2.21. The van der Waals surface area contributed by atoms with Crippen LogP contribution in [-0.2, 0) is 0 Å². The molecule has 0 aromatic carbocycles. The molecule has 0 aliphatic heterocycles. The van der Waals surface area contributed by atoms with Crippen molar-refractivity contribution < 1.29 is 28.5 Å². The van der Waals surface area contributed by atoms with Crippen molar-refractivity contribution in [3.63, 3.8) is 0 Å². The molecule has 2 unspecified atom stereocenters. The molecule has 19 heavy (non-hydrogen) atoms. The normalized spacial score (nSPS) is 19.3. The predicted octanol–water partition coefficient (Wildman–Crippen LogP) is 1.86. The number of nitriles is 2. The fraction of sp³-hybridized carbons (Fsp3) is 0. The fourth-order valence-electron chi connectivity index (χ4n) is 0.553. The molecule has 12 nitrogen and oxygen atoms in total. The van der Waals surface area contributed by atoms with Crippen LogP contribution in [0.4, 0.5) is 9.59 Å². The van der Waals surface area contributed by atoms with E-state index in [-0.39, 0.29) is 0 Å². The number of nitrogens with zero attached hydrogens (tertiary/aromatic N) is 4. The van der Waals surface area contributed by atoms with E-state index in [1.807, 2.05) is 0 Å². The molecule has 104 valence electrons. The number of hydrogen-bond donors (Lipinski definition) is 2. The Labute approximate surface area is 109 Å². The van der Waals surface area contributed by atoms with Gasteiger partial charge >= 0.3 is 10.6 Å². The molecule has 0 heterocycles. The molecule has 0 aliphatic rings. The van der Waals surface area contributed by atoms with Crippen molar-refractivity contribution in [3.8, 4) is 10.8 Å². The summed E-state index contributed by atoms with van der Waals surface area (Å²) in [5, 5.41) is 52.6. The first-order valence-corrected chi connectivity index (χ1v) is 8.58. The Morgan fingerprint density at radius 3 is 1.37 bits per heavy atom. The van der Waals surface area contributed by atoms with Gasteiger partial charge in [0, 0.05) is 0 Å². The molecule has 2 N–H and O–H groups in total. The molecule has 0 saturated heterocycles. The minimum Gasteiger partial charge on any atom is -0.469 e. The van der Waals surface area contributed by atoms with Crippen molar-refractivity contribution in [2.75, 3.05) is 0 Å². The third-order valence-corrected chi connectivity index (χ3v) is 10.8. The first kappa shape index (κ1) is 16.8. The largest absolute Gasteiger partial charge is 0.469 e. The lowest BCUT2D eigenvalue weighted by Crippen LogP contribution is -2.20. The topological polar surface area (TPSA) is 208 Å². The molecule has 2 atom stereocenters. The van der Waals surface area contributed by atoms with E-state index in [1.165, 1.54) is 0 Å². The molecule has 0 aromatic rings. The summed E-state index contributed by atoms with van der Waals surface area (Å²) in [6.45, 7) is 0. The maximum atomic E-state index is 10.8. The van der Waals surface area contributed by atoms with Gasteiger partial charge in [0.15, 0.2) is 0 Å². The SMILES string of the molecule is N#CS(SS(C#N)(C(=O)O)[N+](=O)[O-])(C(=O)O)[N+](=O)[O-]. The van der Waals surface area contributed by atoms with Crippen molar-refractivity contribution in [1.29, 1.82) is 10.5 Å². The van der Waals surface area contributed by atoms with Crippen molar-refractivity contribution in [3.05, 3.63) is 20.2 Å². The highest BCUT2D eigenvalue weighted by Crippen LogP contribution is 2.77. The molecule has 0 bridgehead atoms. The molecule has 0 amide bonds. The monoisotopic (exact) mass is 330 g/mol. The Hall–Kier alpha value is -2.23. The van der Waals surface area contributed by atoms with Crippen LogP contribution < -0.4 is 0 Å². The Morgan fingerprint density at radius 2 is 1.26 bits per heavy atom. The van der Waals surface area contributed by atoms with Crippen LogP contribution in [0.1, 0.15) is 0 Å². The number of carbonyl (C=O) groups is 2. The maximum absolute atomic E-state index is 10.8. The molecule has 15 heteroatoms. The van der Waals surface area contributed by atoms with Gasteiger partial charge in [-0.25, -0.2) is 9.59 Å². The van der Waals surface area contributed by atoms with Crippen molar-refractivity contribution in [1.82, 2.24) is 0 Å². The van der Waals surface area contributed by atoms with Gasteiger partial charge < -0.3 is 10.2 Å². The van der Waals surface area contributed by atoms with E-state index < -0.39 is 47.6 Å². The zero-order valence-electron chi connectivity index (χ0n) is 8.36. The summed E-state index contributed by atoms with van der Waals surface area (Å²) in [5.41, 5.74) is 0. The molecule has 0 radical (unpaired) electrons. The highest BCUT2D eigenvalue weighted by Gasteiger charge is 2.62. The zero-order chi connectivity index (χ0) is 15.4. The number of hydrogen-bond acceptors (Lipinski definition) is 9. The Balaban J connectivity index is 6.11. The van der Waals surface area contributed by atoms with Crippen molar-refractivity contribution in [2.45, 2.75) is 0 Å². The van der Waals surface area contributed by atoms with Crippen LogP contribution in [0.25, 0.3) is 0 Å². The van der Waals surface area contributed by atoms with Crippen LogP contribution in [-0.4, -0.2) is 29.5 Å². The summed E-state index contributed by atoms with van der Waals surface area (Å²) in [7, 11) is -10.2. The molecule has 0 aromatic heterocycles. The van der Waals surface area contributed by atoms with Gasteiger partial charge in [0.2, 0.25) is 10.8 Å². The number of thiocyanates is 2. The molecule has 0 spiro atoms. The van der Waals surface area contributed by atoms with E-state index in [0.29, 0.717) is 0 Å². The summed E-state index contributed by atoms with van der Waals surface area (Å²) < 4.78 is -3.24. The standard InChI is InChI=1S/C4H2N4O8S3/c5-1-18(3(9)10,7(13)14)17-19(2-6,4(11)12)8(15)16/h(H,9,10)(H,11,12). The summed E-state index contributed by atoms with van der Waals surface area (Å²) in [6, 6.07) is 0. The lowest BCUT2D eigenvalue weighted by molar-refractivity contribution is -0.290. The van der Waals surface area contributed by atoms with E-state index >= 15 is 0 Å². The van der Waals surface area contributed by atoms with E-state index in [9.17, 15) is 29.8 Å². The van der Waals surface area contributed by atoms with E-state index in [2.05, 4.69) is 0 Å². The highest BCUT2D eigenvalue weighted by molar-refractivity contribution is 9.30. The Kier molecular flexibility index (Phi) is 4.95. The molecule has 0 fully saturated rings. The Morgan fingerprint density at radius 1 is 1.00 bits per heavy atom. The molecule has 0 aliphatic carbocycles. The first-order chi connectivity index (χ1) is 8.60. The number of nitro groups is 2. The average Bonchev–Trinajstić information content (AvgIpc) is 2.29. The predicted molar refractivity (Wildman–Crippen MR) is 64.0 cm³/mol. The number of rotatable bonds is 4. The third-order valence-electron chi connectivity index (χ3n) is 1.34. The minimum atomic E-state index is -4.67. The van der Waals surface area contributed by atoms with Gasteiger partial charge in [-0.3, -0.25) is 20.2 Å². The van der Waals surface area contributed by atoms with Crippen LogP contribution in [0, 0.1) is 41.6 Å². The number of carboxylic acid groups (broad SMARTS) is 2. The van der Waals surface area contributed by atoms with Gasteiger partial charge in [-0.2, -0.15) is 10.5 Å². The van der Waals surface area contributed by atoms with Crippen LogP contribution in [0.5, 0.6) is 0 Å². The van der Waals surface area contributed by atoms with Gasteiger partial charge in [0.1, 0.15) is 18.5 Å². The molecular weight excluding hydrogens is 328 g/mol. The molecule has 0 saturated carbocycles. The van der Waals surface area contributed by atoms with E-state index in [4.69, 9.17) is 20.7 Å². The van der Waals surface area contributed by atoms with E-state index in [1.54, 1.807) is 0 Å². The smallest absolute Gasteiger partial charge is 0.432 e. The van der Waals surface area contributed by atoms with Crippen LogP contribution in [0.15, 0.2) is 0 Å². The Bertz CT molecular complexity index is 471. The van der Waals surface area contributed by atoms with Gasteiger partial charge in [-0.05, 0) is 0 Å². The van der Waals surface area contributed by atoms with Crippen LogP contribution >= 0.6 is 28.3 Å². The van der Waals surface area contributed by atoms with Crippen molar-refractivity contribution >= 4 is 38.9 Å². The van der Waals surface area contributed by atoms with Gasteiger partial charge in [0.05, 0.1) is 0 Å². The zero-order valence-corrected chi connectivity index (χ0v) is 10.8. The second kappa shape index (κ2) is 5.61. The highest BCUT2D eigenvalue weighted by atomic mass is 33.6. The summed E-state index contributed by atoms with van der Waals surface area (Å²) in [6.07, 6.45) is 0. The third kappa shape index (κ3) is 2.62. The molecule has 0 rings (SSSR count). The molecular formula is C4H2N4O8S3. The average molecular weight is 330 g/mol. The van der Waals surface area contributed by atoms with Gasteiger partial charge in [-0.1, -0.05) is 0 Å². The van der Waals surface area contributed by atoms with Crippen molar-refractivity contribution in [2.24, 2.45) is 0 Å². The first-order valence-electron chi connectivity index (χ1n) is 3.55. The lowest BCUT2D eigenvalue weighted by atomic mass is 11.6. The second-order valence-electron chi connectivity index (χ2n) is 2.28. The van der Waals surface area contributed by atoms with Gasteiger partial charge in [0.25, 0.3) is 18.5 Å². The quantitative estimate of drug-likeness (QED) is 0.328. The maximum Gasteiger partial charge on any atom is 0.432 e. The van der Waals surface area contributed by atoms with Crippen LogP contribution in [0.3, 0.4) is 0 Å². The minimum absolute atomic E-state index is 0.763. The van der Waals surface area contributed by atoms with Gasteiger partial charge in [-0.15, -0.1) is 0 Å². The summed E-state index contributed by atoms with van der Waals surface area (Å²) >= 11 is 0. The second-order valence-corrected chi connectivity index (χ2v) is 10.7. The summed E-state index contributed by atoms with van der Waals surface area (Å²) in [5.74, 6) is 0. The fourth-order valence-corrected chi connectivity index (χ4v) is 8.40. The summed E-state index contributed by atoms with van der Waals surface area (Å²) in [4.78, 5) is 42.8.